The first-order chi connectivity index (χ1) is 16.8. The van der Waals surface area contributed by atoms with Crippen LogP contribution in [-0.2, 0) is 10.2 Å². The zero-order valence-electron chi connectivity index (χ0n) is 20.2. The van der Waals surface area contributed by atoms with Gasteiger partial charge in [0.1, 0.15) is 12.3 Å². The number of nitrogens with one attached hydrogen (secondary N) is 2. The SMILES string of the molecule is COc1ccc(C(=O)Nc2ccc(C(C)(C)COC(=O)c3cc4ccccc4[nH]3)cc2)cc1OC. The minimum atomic E-state index is -0.423. The molecule has 0 unspecified atom stereocenters. The number of aromatic amines is 1. The molecule has 1 aromatic heterocycles. The van der Waals surface area contributed by atoms with Gasteiger partial charge in [0.2, 0.25) is 0 Å². The van der Waals surface area contributed by atoms with Crippen LogP contribution in [0.5, 0.6) is 11.5 Å². The molecule has 4 aromatic rings. The Bertz CT molecular complexity index is 1320. The molecule has 3 aromatic carbocycles. The number of carbonyl (C=O) groups is 2. The highest BCUT2D eigenvalue weighted by Gasteiger charge is 2.24. The molecule has 0 fully saturated rings. The fourth-order valence-corrected chi connectivity index (χ4v) is 3.78. The number of anilines is 1. The van der Waals surface area contributed by atoms with Gasteiger partial charge in [-0.1, -0.05) is 44.2 Å². The van der Waals surface area contributed by atoms with Gasteiger partial charge in [0, 0.05) is 27.6 Å². The Hall–Kier alpha value is -4.26. The number of amides is 1. The molecule has 4 rings (SSSR count). The van der Waals surface area contributed by atoms with Crippen LogP contribution in [-0.4, -0.2) is 37.7 Å². The predicted octanol–water partition coefficient (Wildman–Crippen LogP) is 5.57. The van der Waals surface area contributed by atoms with Gasteiger partial charge >= 0.3 is 5.97 Å². The number of H-pyrrole nitrogens is 1. The van der Waals surface area contributed by atoms with Gasteiger partial charge < -0.3 is 24.5 Å². The summed E-state index contributed by atoms with van der Waals surface area (Å²) in [4.78, 5) is 28.3. The van der Waals surface area contributed by atoms with Crippen LogP contribution in [0.4, 0.5) is 5.69 Å². The maximum absolute atomic E-state index is 12.7. The lowest BCUT2D eigenvalue weighted by Crippen LogP contribution is -2.26. The third-order valence-corrected chi connectivity index (χ3v) is 5.88. The number of carbonyl (C=O) groups excluding carboxylic acids is 2. The van der Waals surface area contributed by atoms with E-state index >= 15 is 0 Å². The Morgan fingerprint density at radius 1 is 0.886 bits per heavy atom. The minimum Gasteiger partial charge on any atom is -0.493 e. The van der Waals surface area contributed by atoms with E-state index in [9.17, 15) is 9.59 Å². The number of esters is 1. The lowest BCUT2D eigenvalue weighted by Gasteiger charge is -2.25. The molecule has 7 heteroatoms. The average molecular weight is 473 g/mol. The summed E-state index contributed by atoms with van der Waals surface area (Å²) in [5, 5.41) is 3.85. The van der Waals surface area contributed by atoms with Crippen LogP contribution in [0.2, 0.25) is 0 Å². The van der Waals surface area contributed by atoms with E-state index in [1.54, 1.807) is 31.4 Å². The number of ether oxygens (including phenoxy) is 3. The molecule has 2 N–H and O–H groups in total. The lowest BCUT2D eigenvalue weighted by atomic mass is 9.85. The number of aromatic nitrogens is 1. The first-order valence-corrected chi connectivity index (χ1v) is 11.2. The summed E-state index contributed by atoms with van der Waals surface area (Å²) in [5.41, 5.74) is 2.98. The molecule has 0 bridgehead atoms. The van der Waals surface area contributed by atoms with Crippen molar-refractivity contribution < 1.29 is 23.8 Å². The minimum absolute atomic E-state index is 0.207. The molecule has 0 radical (unpaired) electrons. The van der Waals surface area contributed by atoms with E-state index < -0.39 is 11.4 Å². The van der Waals surface area contributed by atoms with E-state index in [0.717, 1.165) is 16.5 Å². The quantitative estimate of drug-likeness (QED) is 0.327. The average Bonchev–Trinajstić information content (AvgIpc) is 3.31. The van der Waals surface area contributed by atoms with E-state index in [4.69, 9.17) is 14.2 Å². The van der Waals surface area contributed by atoms with E-state index in [1.807, 2.05) is 62.4 Å². The first kappa shape index (κ1) is 23.9. The van der Waals surface area contributed by atoms with Crippen molar-refractivity contribution in [3.05, 3.63) is 89.6 Å². The molecular weight excluding hydrogens is 444 g/mol. The third kappa shape index (κ3) is 5.30. The van der Waals surface area contributed by atoms with E-state index in [0.29, 0.717) is 28.4 Å². The van der Waals surface area contributed by atoms with Crippen molar-refractivity contribution in [1.82, 2.24) is 4.98 Å². The van der Waals surface area contributed by atoms with E-state index in [-0.39, 0.29) is 12.5 Å². The lowest BCUT2D eigenvalue weighted by molar-refractivity contribution is 0.0421. The molecule has 0 aliphatic rings. The smallest absolute Gasteiger partial charge is 0.354 e. The summed E-state index contributed by atoms with van der Waals surface area (Å²) in [6.07, 6.45) is 0. The zero-order valence-corrected chi connectivity index (χ0v) is 20.2. The Morgan fingerprint density at radius 2 is 1.60 bits per heavy atom. The molecule has 1 heterocycles. The summed E-state index contributed by atoms with van der Waals surface area (Å²) in [6.45, 7) is 4.21. The molecule has 0 saturated carbocycles. The summed E-state index contributed by atoms with van der Waals surface area (Å²) in [6, 6.07) is 22.0. The van der Waals surface area contributed by atoms with Gasteiger partial charge in [-0.15, -0.1) is 0 Å². The summed E-state index contributed by atoms with van der Waals surface area (Å²) >= 11 is 0. The van der Waals surface area contributed by atoms with Gasteiger partial charge in [-0.3, -0.25) is 4.79 Å². The molecule has 180 valence electrons. The van der Waals surface area contributed by atoms with Crippen molar-refractivity contribution in [3.8, 4) is 11.5 Å². The highest BCUT2D eigenvalue weighted by molar-refractivity contribution is 6.04. The molecule has 35 heavy (non-hydrogen) atoms. The predicted molar refractivity (Wildman–Crippen MR) is 136 cm³/mol. The Labute approximate surface area is 204 Å². The standard InChI is InChI=1S/C28H28N2O5/c1-28(2,17-35-27(32)23-15-18-7-5-6-8-22(18)30-23)20-10-12-21(13-11-20)29-26(31)19-9-14-24(33-3)25(16-19)34-4/h5-16,30H,17H2,1-4H3,(H,29,31). The zero-order chi connectivity index (χ0) is 25.0. The van der Waals surface area contributed by atoms with Gasteiger partial charge in [0.15, 0.2) is 11.5 Å². The van der Waals surface area contributed by atoms with Crippen molar-refractivity contribution in [2.75, 3.05) is 26.1 Å². The van der Waals surface area contributed by atoms with Crippen molar-refractivity contribution in [1.29, 1.82) is 0 Å². The largest absolute Gasteiger partial charge is 0.493 e. The molecule has 0 atom stereocenters. The van der Waals surface area contributed by atoms with E-state index in [1.165, 1.54) is 7.11 Å². The number of hydrogen-bond donors (Lipinski definition) is 2. The van der Waals surface area contributed by atoms with Crippen LogP contribution in [0.25, 0.3) is 10.9 Å². The number of rotatable bonds is 8. The molecule has 0 saturated heterocycles. The summed E-state index contributed by atoms with van der Waals surface area (Å²) in [5.74, 6) is 0.387. The molecule has 0 aliphatic carbocycles. The normalized spacial score (nSPS) is 11.2. The van der Waals surface area contributed by atoms with E-state index in [2.05, 4.69) is 10.3 Å². The van der Waals surface area contributed by atoms with Crippen LogP contribution in [0, 0.1) is 0 Å². The number of benzene rings is 3. The maximum atomic E-state index is 12.7. The van der Waals surface area contributed by atoms with Crippen LogP contribution in [0.15, 0.2) is 72.8 Å². The summed E-state index contributed by atoms with van der Waals surface area (Å²) in [7, 11) is 3.07. The van der Waals surface area contributed by atoms with Crippen LogP contribution in [0.3, 0.4) is 0 Å². The van der Waals surface area contributed by atoms with Crippen molar-refractivity contribution in [2.45, 2.75) is 19.3 Å². The van der Waals surface area contributed by atoms with Crippen LogP contribution in [0.1, 0.15) is 40.3 Å². The molecule has 7 nitrogen and oxygen atoms in total. The number of methoxy groups -OCH3 is 2. The van der Waals surface area contributed by atoms with Gasteiger partial charge in [-0.25, -0.2) is 4.79 Å². The third-order valence-electron chi connectivity index (χ3n) is 5.88. The first-order valence-electron chi connectivity index (χ1n) is 11.2. The van der Waals surface area contributed by atoms with Crippen molar-refractivity contribution >= 4 is 28.5 Å². The Morgan fingerprint density at radius 3 is 2.29 bits per heavy atom. The second kappa shape index (κ2) is 9.93. The Kier molecular flexibility index (Phi) is 6.78. The fraction of sp³-hybridized carbons (Fsp3) is 0.214. The van der Waals surface area contributed by atoms with Crippen LogP contribution >= 0.6 is 0 Å². The summed E-state index contributed by atoms with van der Waals surface area (Å²) < 4.78 is 16.1. The van der Waals surface area contributed by atoms with Gasteiger partial charge in [0.05, 0.1) is 14.2 Å². The van der Waals surface area contributed by atoms with Crippen molar-refractivity contribution in [2.24, 2.45) is 0 Å². The number of fused-ring (bicyclic) bond motifs is 1. The Balaban J connectivity index is 1.38. The maximum Gasteiger partial charge on any atom is 0.354 e. The second-order valence-electron chi connectivity index (χ2n) is 8.83. The van der Waals surface area contributed by atoms with Gasteiger partial charge in [-0.2, -0.15) is 0 Å². The fourth-order valence-electron chi connectivity index (χ4n) is 3.78. The molecule has 1 amide bonds. The van der Waals surface area contributed by atoms with Gasteiger partial charge in [-0.05, 0) is 48.0 Å². The van der Waals surface area contributed by atoms with Gasteiger partial charge in [0.25, 0.3) is 5.91 Å². The molecule has 0 spiro atoms. The second-order valence-corrected chi connectivity index (χ2v) is 8.83. The van der Waals surface area contributed by atoms with Crippen molar-refractivity contribution in [3.63, 3.8) is 0 Å². The number of para-hydroxylation sites is 1. The topological polar surface area (TPSA) is 89.6 Å². The highest BCUT2D eigenvalue weighted by Crippen LogP contribution is 2.29. The number of hydrogen-bond acceptors (Lipinski definition) is 5. The molecular formula is C28H28N2O5. The highest BCUT2D eigenvalue weighted by atomic mass is 16.5. The monoisotopic (exact) mass is 472 g/mol. The molecule has 0 aliphatic heterocycles. The van der Waals surface area contributed by atoms with Crippen LogP contribution < -0.4 is 14.8 Å².